The minimum Gasteiger partial charge on any atom is -0.484 e. The monoisotopic (exact) mass is 571 g/mol. The summed E-state index contributed by atoms with van der Waals surface area (Å²) in [6, 6.07) is 5.24. The zero-order valence-corrected chi connectivity index (χ0v) is 21.8. The standard InChI is InChI=1S/C22H36F3N5O.HI/c1-5-26-21(27-13-18(3)15-30-10-8-29(4)9-11-30)28-14-19-7-6-17(2)12-20(19)31-16-22(23,24)25;/h6-7,12,18H,5,8-11,13-16H2,1-4H3,(H2,26,27,28);1H. The average molecular weight is 571 g/mol. The van der Waals surface area contributed by atoms with Crippen molar-refractivity contribution in [2.75, 3.05) is 59.5 Å². The van der Waals surface area contributed by atoms with E-state index in [9.17, 15) is 13.2 Å². The molecule has 1 aromatic carbocycles. The SMILES string of the molecule is CCNC(=NCc1ccc(C)cc1OCC(F)(F)F)NCC(C)CN1CCN(C)CC1.I. The minimum absolute atomic E-state index is 0. The molecule has 1 aromatic rings. The summed E-state index contributed by atoms with van der Waals surface area (Å²) in [5.74, 6) is 1.31. The zero-order chi connectivity index (χ0) is 22.9. The van der Waals surface area contributed by atoms with E-state index in [2.05, 4.69) is 39.4 Å². The van der Waals surface area contributed by atoms with Gasteiger partial charge in [-0.2, -0.15) is 13.2 Å². The lowest BCUT2D eigenvalue weighted by molar-refractivity contribution is -0.153. The first-order valence-corrected chi connectivity index (χ1v) is 10.9. The molecule has 1 unspecified atom stereocenters. The van der Waals surface area contributed by atoms with Gasteiger partial charge in [0.05, 0.1) is 6.54 Å². The van der Waals surface area contributed by atoms with Crippen molar-refractivity contribution in [2.45, 2.75) is 33.5 Å². The summed E-state index contributed by atoms with van der Waals surface area (Å²) < 4.78 is 42.7. The fourth-order valence-electron chi connectivity index (χ4n) is 3.40. The molecule has 0 amide bonds. The molecule has 1 heterocycles. The number of hydrogen-bond donors (Lipinski definition) is 2. The predicted molar refractivity (Wildman–Crippen MR) is 134 cm³/mol. The molecule has 1 fully saturated rings. The Morgan fingerprint density at radius 2 is 1.88 bits per heavy atom. The van der Waals surface area contributed by atoms with Gasteiger partial charge in [-0.3, -0.25) is 0 Å². The van der Waals surface area contributed by atoms with Gasteiger partial charge < -0.3 is 25.2 Å². The minimum atomic E-state index is -4.37. The van der Waals surface area contributed by atoms with Crippen molar-refractivity contribution in [3.05, 3.63) is 29.3 Å². The third-order valence-corrected chi connectivity index (χ3v) is 5.15. The van der Waals surface area contributed by atoms with Crippen LogP contribution in [0.25, 0.3) is 0 Å². The number of rotatable bonds is 9. The van der Waals surface area contributed by atoms with Crippen LogP contribution in [0.1, 0.15) is 25.0 Å². The van der Waals surface area contributed by atoms with E-state index in [0.717, 1.165) is 44.8 Å². The van der Waals surface area contributed by atoms with E-state index in [-0.39, 0.29) is 36.3 Å². The number of hydrogen-bond acceptors (Lipinski definition) is 4. The Hall–Kier alpha value is -1.27. The van der Waals surface area contributed by atoms with Gasteiger partial charge in [0.15, 0.2) is 12.6 Å². The highest BCUT2D eigenvalue weighted by Crippen LogP contribution is 2.24. The molecule has 184 valence electrons. The number of piperazine rings is 1. The number of nitrogens with one attached hydrogen (secondary N) is 2. The predicted octanol–water partition coefficient (Wildman–Crippen LogP) is 3.49. The van der Waals surface area contributed by atoms with E-state index in [1.807, 2.05) is 19.9 Å². The Labute approximate surface area is 207 Å². The Morgan fingerprint density at radius 3 is 2.50 bits per heavy atom. The second-order valence-electron chi connectivity index (χ2n) is 8.30. The molecule has 1 aliphatic rings. The maximum atomic E-state index is 12.6. The van der Waals surface area contributed by atoms with Crippen molar-refractivity contribution >= 4 is 29.9 Å². The lowest BCUT2D eigenvalue weighted by atomic mass is 10.1. The maximum Gasteiger partial charge on any atom is 0.422 e. The molecule has 2 N–H and O–H groups in total. The number of halogens is 4. The quantitative estimate of drug-likeness (QED) is 0.270. The average Bonchev–Trinajstić information content (AvgIpc) is 2.70. The summed E-state index contributed by atoms with van der Waals surface area (Å²) in [6.07, 6.45) is -4.37. The fourth-order valence-corrected chi connectivity index (χ4v) is 3.40. The highest BCUT2D eigenvalue weighted by Gasteiger charge is 2.28. The summed E-state index contributed by atoms with van der Waals surface area (Å²) in [5, 5.41) is 6.56. The van der Waals surface area contributed by atoms with Gasteiger partial charge in [-0.05, 0) is 38.4 Å². The van der Waals surface area contributed by atoms with Gasteiger partial charge in [-0.25, -0.2) is 4.99 Å². The number of ether oxygens (including phenoxy) is 1. The van der Waals surface area contributed by atoms with E-state index in [1.165, 1.54) is 0 Å². The van der Waals surface area contributed by atoms with Crippen molar-refractivity contribution in [3.8, 4) is 5.75 Å². The van der Waals surface area contributed by atoms with Gasteiger partial charge in [0.25, 0.3) is 0 Å². The molecule has 10 heteroatoms. The van der Waals surface area contributed by atoms with Crippen LogP contribution in [0.15, 0.2) is 23.2 Å². The van der Waals surface area contributed by atoms with Crippen molar-refractivity contribution < 1.29 is 17.9 Å². The number of benzene rings is 1. The Kier molecular flexibility index (Phi) is 12.7. The number of likely N-dealkylation sites (N-methyl/N-ethyl adjacent to an activating group) is 1. The van der Waals surface area contributed by atoms with E-state index in [4.69, 9.17) is 4.74 Å². The second kappa shape index (κ2) is 14.1. The van der Waals surface area contributed by atoms with Crippen molar-refractivity contribution in [1.29, 1.82) is 0 Å². The van der Waals surface area contributed by atoms with Gasteiger partial charge in [0.2, 0.25) is 0 Å². The molecule has 0 aliphatic carbocycles. The third kappa shape index (κ3) is 11.0. The molecule has 0 bridgehead atoms. The zero-order valence-electron chi connectivity index (χ0n) is 19.5. The van der Waals surface area contributed by atoms with E-state index < -0.39 is 12.8 Å². The molecule has 0 spiro atoms. The third-order valence-electron chi connectivity index (χ3n) is 5.15. The molecule has 6 nitrogen and oxygen atoms in total. The lowest BCUT2D eigenvalue weighted by Crippen LogP contribution is -2.47. The number of nitrogens with zero attached hydrogens (tertiary/aromatic N) is 3. The highest BCUT2D eigenvalue weighted by atomic mass is 127. The van der Waals surface area contributed by atoms with Crippen LogP contribution in [0.5, 0.6) is 5.75 Å². The number of aryl methyl sites for hydroxylation is 1. The molecule has 0 aromatic heterocycles. The molecule has 2 rings (SSSR count). The Bertz CT molecular complexity index is 709. The number of guanidine groups is 1. The van der Waals surface area contributed by atoms with Crippen LogP contribution in [-0.2, 0) is 6.54 Å². The molecular weight excluding hydrogens is 534 g/mol. The van der Waals surface area contributed by atoms with Crippen molar-refractivity contribution in [1.82, 2.24) is 20.4 Å². The first kappa shape index (κ1) is 28.8. The molecule has 0 saturated carbocycles. The number of alkyl halides is 3. The molecule has 0 radical (unpaired) electrons. The first-order valence-electron chi connectivity index (χ1n) is 10.9. The maximum absolute atomic E-state index is 12.6. The smallest absolute Gasteiger partial charge is 0.422 e. The van der Waals surface area contributed by atoms with E-state index in [1.54, 1.807) is 12.1 Å². The molecule has 1 atom stereocenters. The van der Waals surface area contributed by atoms with Crippen LogP contribution in [-0.4, -0.2) is 81.4 Å². The normalized spacial score (nSPS) is 16.9. The molecular formula is C22H37F3IN5O. The molecule has 1 saturated heterocycles. The molecule has 32 heavy (non-hydrogen) atoms. The summed E-state index contributed by atoms with van der Waals surface area (Å²) in [6.45, 7) is 11.8. The van der Waals surface area contributed by atoms with Crippen LogP contribution in [0.4, 0.5) is 13.2 Å². The lowest BCUT2D eigenvalue weighted by Gasteiger charge is -2.34. The first-order chi connectivity index (χ1) is 14.7. The van der Waals surface area contributed by atoms with Gasteiger partial charge >= 0.3 is 6.18 Å². The summed E-state index contributed by atoms with van der Waals surface area (Å²) >= 11 is 0. The van der Waals surface area contributed by atoms with Gasteiger partial charge in [-0.15, -0.1) is 24.0 Å². The summed E-state index contributed by atoms with van der Waals surface area (Å²) in [5.41, 5.74) is 1.46. The van der Waals surface area contributed by atoms with E-state index in [0.29, 0.717) is 24.0 Å². The van der Waals surface area contributed by atoms with Crippen LogP contribution in [0.2, 0.25) is 0 Å². The van der Waals surface area contributed by atoms with Crippen molar-refractivity contribution in [2.24, 2.45) is 10.9 Å². The Morgan fingerprint density at radius 1 is 1.19 bits per heavy atom. The summed E-state index contributed by atoms with van der Waals surface area (Å²) in [7, 11) is 2.15. The van der Waals surface area contributed by atoms with Crippen LogP contribution < -0.4 is 15.4 Å². The van der Waals surface area contributed by atoms with Gasteiger partial charge in [-0.1, -0.05) is 19.1 Å². The molecule has 1 aliphatic heterocycles. The second-order valence-corrected chi connectivity index (χ2v) is 8.30. The highest BCUT2D eigenvalue weighted by molar-refractivity contribution is 14.0. The Balaban J connectivity index is 0.00000512. The van der Waals surface area contributed by atoms with Gasteiger partial charge in [0, 0.05) is 51.4 Å². The number of aliphatic imine (C=N–C) groups is 1. The van der Waals surface area contributed by atoms with Crippen LogP contribution in [0.3, 0.4) is 0 Å². The largest absolute Gasteiger partial charge is 0.484 e. The van der Waals surface area contributed by atoms with Crippen LogP contribution >= 0.6 is 24.0 Å². The fraction of sp³-hybridized carbons (Fsp3) is 0.682. The summed E-state index contributed by atoms with van der Waals surface area (Å²) in [4.78, 5) is 9.38. The van der Waals surface area contributed by atoms with Crippen LogP contribution in [0, 0.1) is 12.8 Å². The van der Waals surface area contributed by atoms with Crippen molar-refractivity contribution in [3.63, 3.8) is 0 Å². The topological polar surface area (TPSA) is 52.1 Å². The van der Waals surface area contributed by atoms with E-state index >= 15 is 0 Å². The van der Waals surface area contributed by atoms with Gasteiger partial charge in [0.1, 0.15) is 5.75 Å².